The van der Waals surface area contributed by atoms with Gasteiger partial charge in [-0.1, -0.05) is 0 Å². The van der Waals surface area contributed by atoms with Crippen LogP contribution < -0.4 is 0 Å². The molecule has 2 amide bonds. The lowest BCUT2D eigenvalue weighted by atomic mass is 10.2. The van der Waals surface area contributed by atoms with Gasteiger partial charge in [0.1, 0.15) is 12.0 Å². The van der Waals surface area contributed by atoms with Gasteiger partial charge in [-0.25, -0.2) is 0 Å². The molecule has 0 saturated carbocycles. The molecule has 0 N–H and O–H groups in total. The molecule has 0 aromatic carbocycles. The number of amides is 2. The predicted octanol–water partition coefficient (Wildman–Crippen LogP) is 0.465. The Kier molecular flexibility index (Phi) is 4.83. The van der Waals surface area contributed by atoms with Crippen LogP contribution >= 0.6 is 11.6 Å². The molecule has 2 aliphatic rings. The summed E-state index contributed by atoms with van der Waals surface area (Å²) in [6.07, 6.45) is 2.32. The van der Waals surface area contributed by atoms with Gasteiger partial charge < -0.3 is 14.5 Å². The standard InChI is InChI=1S/C12H19ClN2O3/c13-9-11(16)14-4-2-5-15(7-6-14)12(17)10-3-1-8-18-10/h10H,1-9H2. The highest BCUT2D eigenvalue weighted by Crippen LogP contribution is 2.16. The second-order valence-corrected chi connectivity index (χ2v) is 4.96. The Hall–Kier alpha value is -0.810. The van der Waals surface area contributed by atoms with Crippen molar-refractivity contribution in [1.29, 1.82) is 0 Å². The minimum atomic E-state index is -0.264. The zero-order valence-corrected chi connectivity index (χ0v) is 11.2. The van der Waals surface area contributed by atoms with Crippen LogP contribution in [0.25, 0.3) is 0 Å². The molecule has 0 radical (unpaired) electrons. The van der Waals surface area contributed by atoms with Crippen LogP contribution in [0.4, 0.5) is 0 Å². The molecule has 0 spiro atoms. The van der Waals surface area contributed by atoms with Crippen molar-refractivity contribution in [2.45, 2.75) is 25.4 Å². The van der Waals surface area contributed by atoms with Crippen molar-refractivity contribution < 1.29 is 14.3 Å². The maximum atomic E-state index is 12.2. The number of hydrogen-bond acceptors (Lipinski definition) is 3. The molecule has 0 aliphatic carbocycles. The number of hydrogen-bond donors (Lipinski definition) is 0. The third-order valence-corrected chi connectivity index (χ3v) is 3.71. The average Bonchev–Trinajstić information content (AvgIpc) is 2.81. The fourth-order valence-corrected chi connectivity index (χ4v) is 2.62. The third-order valence-electron chi connectivity index (χ3n) is 3.48. The molecule has 18 heavy (non-hydrogen) atoms. The van der Waals surface area contributed by atoms with Gasteiger partial charge in [0.05, 0.1) is 0 Å². The second-order valence-electron chi connectivity index (χ2n) is 4.69. The first-order chi connectivity index (χ1) is 8.72. The van der Waals surface area contributed by atoms with Crippen molar-refractivity contribution in [3.05, 3.63) is 0 Å². The van der Waals surface area contributed by atoms with Crippen LogP contribution in [-0.4, -0.2) is 66.4 Å². The highest BCUT2D eigenvalue weighted by molar-refractivity contribution is 6.27. The van der Waals surface area contributed by atoms with E-state index >= 15 is 0 Å². The second kappa shape index (κ2) is 6.38. The van der Waals surface area contributed by atoms with Crippen molar-refractivity contribution in [3.8, 4) is 0 Å². The Morgan fingerprint density at radius 1 is 1.11 bits per heavy atom. The number of nitrogens with zero attached hydrogens (tertiary/aromatic N) is 2. The predicted molar refractivity (Wildman–Crippen MR) is 67.5 cm³/mol. The number of rotatable bonds is 2. The first-order valence-corrected chi connectivity index (χ1v) is 7.00. The van der Waals surface area contributed by atoms with Gasteiger partial charge in [0.2, 0.25) is 5.91 Å². The fraction of sp³-hybridized carbons (Fsp3) is 0.833. The van der Waals surface area contributed by atoms with Gasteiger partial charge in [-0.15, -0.1) is 11.6 Å². The van der Waals surface area contributed by atoms with E-state index in [1.54, 1.807) is 4.90 Å². The largest absolute Gasteiger partial charge is 0.368 e. The lowest BCUT2D eigenvalue weighted by Gasteiger charge is -2.24. The molecule has 6 heteroatoms. The van der Waals surface area contributed by atoms with Crippen LogP contribution in [0.2, 0.25) is 0 Å². The highest BCUT2D eigenvalue weighted by Gasteiger charge is 2.29. The summed E-state index contributed by atoms with van der Waals surface area (Å²) in [4.78, 5) is 27.2. The van der Waals surface area contributed by atoms with Gasteiger partial charge >= 0.3 is 0 Å². The van der Waals surface area contributed by atoms with E-state index in [1.807, 2.05) is 4.90 Å². The van der Waals surface area contributed by atoms with Gasteiger partial charge in [-0.3, -0.25) is 9.59 Å². The minimum absolute atomic E-state index is 0.0136. The summed E-state index contributed by atoms with van der Waals surface area (Å²) in [5.74, 6) is 0.0374. The summed E-state index contributed by atoms with van der Waals surface area (Å²) in [5, 5.41) is 0. The molecule has 0 aromatic rings. The first-order valence-electron chi connectivity index (χ1n) is 6.46. The van der Waals surface area contributed by atoms with E-state index in [2.05, 4.69) is 0 Å². The molecular weight excluding hydrogens is 256 g/mol. The molecule has 2 fully saturated rings. The number of ether oxygens (including phenoxy) is 1. The average molecular weight is 275 g/mol. The zero-order valence-electron chi connectivity index (χ0n) is 10.4. The van der Waals surface area contributed by atoms with Crippen LogP contribution in [0, 0.1) is 0 Å². The first kappa shape index (κ1) is 13.6. The Morgan fingerprint density at radius 2 is 1.83 bits per heavy atom. The molecule has 1 atom stereocenters. The Labute approximate surface area is 112 Å². The van der Waals surface area contributed by atoms with Crippen LogP contribution in [0.1, 0.15) is 19.3 Å². The van der Waals surface area contributed by atoms with Crippen LogP contribution in [0.5, 0.6) is 0 Å². The molecule has 2 heterocycles. The monoisotopic (exact) mass is 274 g/mol. The van der Waals surface area contributed by atoms with Gasteiger partial charge in [0, 0.05) is 32.8 Å². The summed E-state index contributed by atoms with van der Waals surface area (Å²) >= 11 is 5.55. The number of carbonyl (C=O) groups is 2. The maximum absolute atomic E-state index is 12.2. The van der Waals surface area contributed by atoms with Gasteiger partial charge in [-0.2, -0.15) is 0 Å². The molecule has 2 rings (SSSR count). The van der Waals surface area contributed by atoms with Crippen molar-refractivity contribution in [2.24, 2.45) is 0 Å². The van der Waals surface area contributed by atoms with E-state index in [9.17, 15) is 9.59 Å². The zero-order chi connectivity index (χ0) is 13.0. The Bertz CT molecular complexity index is 318. The smallest absolute Gasteiger partial charge is 0.251 e. The summed E-state index contributed by atoms with van der Waals surface area (Å²) in [6.45, 7) is 3.22. The van der Waals surface area contributed by atoms with E-state index in [1.165, 1.54) is 0 Å². The molecule has 0 aromatic heterocycles. The van der Waals surface area contributed by atoms with E-state index in [-0.39, 0.29) is 23.8 Å². The quantitative estimate of drug-likeness (QED) is 0.688. The van der Waals surface area contributed by atoms with E-state index in [4.69, 9.17) is 16.3 Å². The van der Waals surface area contributed by atoms with Crippen LogP contribution in [-0.2, 0) is 14.3 Å². The molecule has 2 aliphatic heterocycles. The van der Waals surface area contributed by atoms with Crippen molar-refractivity contribution in [1.82, 2.24) is 9.80 Å². The van der Waals surface area contributed by atoms with Gasteiger partial charge in [0.25, 0.3) is 5.91 Å². The van der Waals surface area contributed by atoms with Crippen LogP contribution in [0.3, 0.4) is 0 Å². The molecule has 1 unspecified atom stereocenters. The third kappa shape index (κ3) is 3.14. The minimum Gasteiger partial charge on any atom is -0.368 e. The van der Waals surface area contributed by atoms with E-state index in [0.717, 1.165) is 19.3 Å². The SMILES string of the molecule is O=C(CCl)N1CCCN(C(=O)C2CCCO2)CC1. The number of alkyl halides is 1. The van der Waals surface area contributed by atoms with Gasteiger partial charge in [0.15, 0.2) is 0 Å². The topological polar surface area (TPSA) is 49.9 Å². The lowest BCUT2D eigenvalue weighted by Crippen LogP contribution is -2.42. The highest BCUT2D eigenvalue weighted by atomic mass is 35.5. The van der Waals surface area contributed by atoms with Crippen molar-refractivity contribution >= 4 is 23.4 Å². The molecule has 102 valence electrons. The Balaban J connectivity index is 1.88. The Morgan fingerprint density at radius 3 is 2.50 bits per heavy atom. The molecule has 5 nitrogen and oxygen atoms in total. The summed E-state index contributed by atoms with van der Waals surface area (Å²) in [5.41, 5.74) is 0. The lowest BCUT2D eigenvalue weighted by molar-refractivity contribution is -0.141. The van der Waals surface area contributed by atoms with Crippen molar-refractivity contribution in [2.75, 3.05) is 38.7 Å². The van der Waals surface area contributed by atoms with Crippen LogP contribution in [0.15, 0.2) is 0 Å². The summed E-state index contributed by atoms with van der Waals surface area (Å²) in [6, 6.07) is 0. The number of carbonyl (C=O) groups excluding carboxylic acids is 2. The molecule has 2 saturated heterocycles. The maximum Gasteiger partial charge on any atom is 0.251 e. The normalized spacial score (nSPS) is 25.1. The molecule has 0 bridgehead atoms. The number of halogens is 1. The van der Waals surface area contributed by atoms with Crippen molar-refractivity contribution in [3.63, 3.8) is 0 Å². The van der Waals surface area contributed by atoms with Gasteiger partial charge in [-0.05, 0) is 19.3 Å². The van der Waals surface area contributed by atoms with E-state index in [0.29, 0.717) is 32.8 Å². The van der Waals surface area contributed by atoms with E-state index < -0.39 is 0 Å². The summed E-state index contributed by atoms with van der Waals surface area (Å²) in [7, 11) is 0. The fourth-order valence-electron chi connectivity index (χ4n) is 2.45. The molecular formula is C12H19ClN2O3. The summed E-state index contributed by atoms with van der Waals surface area (Å²) < 4.78 is 5.41.